The summed E-state index contributed by atoms with van der Waals surface area (Å²) in [7, 11) is 0. The second kappa shape index (κ2) is 9.54. The molecule has 0 spiro atoms. The topological polar surface area (TPSA) is 125 Å². The number of carboxylic acid groups (broad SMARTS) is 1. The van der Waals surface area contributed by atoms with Crippen molar-refractivity contribution in [2.45, 2.75) is 25.3 Å². The fraction of sp³-hybridized carbons (Fsp3) is 0.241. The van der Waals surface area contributed by atoms with Gasteiger partial charge in [0.05, 0.1) is 22.6 Å². The van der Waals surface area contributed by atoms with Crippen LogP contribution >= 0.6 is 0 Å². The largest absolute Gasteiger partial charge is 0.487 e. The van der Waals surface area contributed by atoms with Gasteiger partial charge in [-0.2, -0.15) is 0 Å². The summed E-state index contributed by atoms with van der Waals surface area (Å²) in [4.78, 5) is 24.7. The zero-order valence-electron chi connectivity index (χ0n) is 21.1. The first kappa shape index (κ1) is 24.6. The number of pyridine rings is 1. The molecule has 0 amide bonds. The highest BCUT2D eigenvalue weighted by Crippen LogP contribution is 2.43. The monoisotopic (exact) mass is 531 g/mol. The van der Waals surface area contributed by atoms with Crippen LogP contribution in [0.15, 0.2) is 59.5 Å². The predicted molar refractivity (Wildman–Crippen MR) is 144 cm³/mol. The quantitative estimate of drug-likeness (QED) is 0.292. The maximum Gasteiger partial charge on any atom is 0.341 e. The normalized spacial score (nSPS) is 16.1. The fourth-order valence-corrected chi connectivity index (χ4v) is 5.34. The summed E-state index contributed by atoms with van der Waals surface area (Å²) in [6.07, 6.45) is 1.86. The number of nitrogens with one attached hydrogen (secondary N) is 1. The molecule has 39 heavy (non-hydrogen) atoms. The maximum absolute atomic E-state index is 15.7. The number of fused-ring (bicyclic) bond motifs is 1. The lowest BCUT2D eigenvalue weighted by Gasteiger charge is -2.29. The van der Waals surface area contributed by atoms with Crippen LogP contribution in [0.2, 0.25) is 0 Å². The summed E-state index contributed by atoms with van der Waals surface area (Å²) in [5, 5.41) is 12.5. The summed E-state index contributed by atoms with van der Waals surface area (Å²) in [6.45, 7) is 2.52. The number of nitrogens with two attached hydrogens (primary N) is 1. The van der Waals surface area contributed by atoms with Crippen molar-refractivity contribution >= 4 is 28.2 Å². The van der Waals surface area contributed by atoms with Gasteiger partial charge in [0.25, 0.3) is 0 Å². The number of hydrogen-bond acceptors (Lipinski definition) is 7. The summed E-state index contributed by atoms with van der Waals surface area (Å²) >= 11 is 0. The Balaban J connectivity index is 1.37. The standard InChI is InChI=1S/C29H26FN3O6/c1-15-13-37-28-25(23(30)24(31)22-26(28)33(15)12-19(27(22)34)29(35)36)32-10-9-18(16-5-3-2-4-6-16)17-7-8-20-21(11-17)39-14-38-20/h2-8,11-12,15,18,32H,9-10,13-14,31H2,1H3,(H,35,36)/t15-,18?/m0/s1. The zero-order valence-corrected chi connectivity index (χ0v) is 21.1. The van der Waals surface area contributed by atoms with Crippen molar-refractivity contribution < 1.29 is 28.5 Å². The Labute approximate surface area is 222 Å². The maximum atomic E-state index is 15.7. The number of aromatic carboxylic acids is 1. The van der Waals surface area contributed by atoms with Crippen molar-refractivity contribution in [1.82, 2.24) is 4.57 Å². The summed E-state index contributed by atoms with van der Waals surface area (Å²) in [5.41, 5.74) is 6.81. The Morgan fingerprint density at radius 1 is 1.15 bits per heavy atom. The SMILES string of the molecule is C[C@H]1COc2c(NCCC(c3ccccc3)c3ccc4c(c3)OCO4)c(F)c(N)c3c(=O)c(C(=O)O)cn1c23. The van der Waals surface area contributed by atoms with E-state index in [9.17, 15) is 14.7 Å². The first-order valence-electron chi connectivity index (χ1n) is 12.6. The van der Waals surface area contributed by atoms with Crippen LogP contribution in [0.1, 0.15) is 46.8 Å². The molecule has 10 heteroatoms. The van der Waals surface area contributed by atoms with E-state index in [4.69, 9.17) is 19.9 Å². The van der Waals surface area contributed by atoms with E-state index >= 15 is 4.39 Å². The Morgan fingerprint density at radius 3 is 2.69 bits per heavy atom. The Kier molecular flexibility index (Phi) is 6.02. The number of rotatable bonds is 7. The molecule has 0 bridgehead atoms. The van der Waals surface area contributed by atoms with Gasteiger partial charge in [0.1, 0.15) is 17.9 Å². The first-order valence-corrected chi connectivity index (χ1v) is 12.6. The van der Waals surface area contributed by atoms with E-state index in [1.54, 1.807) is 4.57 Å². The van der Waals surface area contributed by atoms with Gasteiger partial charge in [-0.3, -0.25) is 4.79 Å². The average molecular weight is 532 g/mol. The van der Waals surface area contributed by atoms with Crippen molar-refractivity contribution in [3.8, 4) is 17.2 Å². The minimum Gasteiger partial charge on any atom is -0.487 e. The third-order valence-electron chi connectivity index (χ3n) is 7.31. The van der Waals surface area contributed by atoms with E-state index in [1.807, 2.05) is 55.5 Å². The molecule has 4 N–H and O–H groups in total. The second-order valence-electron chi connectivity index (χ2n) is 9.69. The molecule has 0 aliphatic carbocycles. The van der Waals surface area contributed by atoms with E-state index in [0.717, 1.165) is 11.1 Å². The number of hydrogen-bond donors (Lipinski definition) is 3. The number of ether oxygens (including phenoxy) is 3. The average Bonchev–Trinajstić information content (AvgIpc) is 3.41. The number of benzene rings is 3. The van der Waals surface area contributed by atoms with Gasteiger partial charge in [-0.25, -0.2) is 9.18 Å². The number of carboxylic acids is 1. The molecule has 4 aromatic rings. The van der Waals surface area contributed by atoms with Crippen LogP contribution in [0.25, 0.3) is 10.9 Å². The van der Waals surface area contributed by atoms with Gasteiger partial charge in [0.15, 0.2) is 23.1 Å². The fourth-order valence-electron chi connectivity index (χ4n) is 5.34. The van der Waals surface area contributed by atoms with Crippen molar-refractivity contribution in [3.05, 3.63) is 87.5 Å². The number of aromatic nitrogens is 1. The Morgan fingerprint density at radius 2 is 1.92 bits per heavy atom. The van der Waals surface area contributed by atoms with E-state index in [1.165, 1.54) is 6.20 Å². The van der Waals surface area contributed by atoms with Crippen LogP contribution in [-0.4, -0.2) is 35.6 Å². The lowest BCUT2D eigenvalue weighted by Crippen LogP contribution is -2.28. The molecule has 3 heterocycles. The highest BCUT2D eigenvalue weighted by atomic mass is 19.1. The van der Waals surface area contributed by atoms with Gasteiger partial charge in [-0.1, -0.05) is 36.4 Å². The van der Waals surface area contributed by atoms with Crippen molar-refractivity contribution in [1.29, 1.82) is 0 Å². The lowest BCUT2D eigenvalue weighted by molar-refractivity contribution is 0.0694. The zero-order chi connectivity index (χ0) is 27.3. The van der Waals surface area contributed by atoms with Crippen molar-refractivity contribution in [3.63, 3.8) is 0 Å². The molecular formula is C29H26FN3O6. The van der Waals surface area contributed by atoms with Gasteiger partial charge < -0.3 is 34.9 Å². The predicted octanol–water partition coefficient (Wildman–Crippen LogP) is 4.74. The third kappa shape index (κ3) is 4.08. The van der Waals surface area contributed by atoms with Crippen molar-refractivity contribution in [2.24, 2.45) is 0 Å². The van der Waals surface area contributed by atoms with Crippen LogP contribution < -0.4 is 30.7 Å². The van der Waals surface area contributed by atoms with Gasteiger partial charge in [-0.15, -0.1) is 0 Å². The summed E-state index contributed by atoms with van der Waals surface area (Å²) in [6, 6.07) is 15.5. The van der Waals surface area contributed by atoms with E-state index in [2.05, 4.69) is 5.32 Å². The van der Waals surface area contributed by atoms with Crippen molar-refractivity contribution in [2.75, 3.05) is 31.0 Å². The molecule has 1 aromatic heterocycles. The molecule has 2 aliphatic rings. The molecule has 200 valence electrons. The number of halogens is 1. The molecule has 1 unspecified atom stereocenters. The molecule has 6 rings (SSSR count). The van der Waals surface area contributed by atoms with Crippen LogP contribution in [0.5, 0.6) is 17.2 Å². The molecule has 0 saturated carbocycles. The molecule has 2 atom stereocenters. The van der Waals surface area contributed by atoms with E-state index in [0.29, 0.717) is 24.5 Å². The third-order valence-corrected chi connectivity index (χ3v) is 7.31. The van der Waals surface area contributed by atoms with Gasteiger partial charge >= 0.3 is 5.97 Å². The van der Waals surface area contributed by atoms with Gasteiger partial charge in [-0.05, 0) is 36.6 Å². The number of nitrogens with zero attached hydrogens (tertiary/aromatic N) is 1. The number of carbonyl (C=O) groups is 1. The number of anilines is 2. The highest BCUT2D eigenvalue weighted by molar-refractivity contribution is 6.03. The molecule has 0 radical (unpaired) electrons. The second-order valence-corrected chi connectivity index (χ2v) is 9.69. The molecule has 9 nitrogen and oxygen atoms in total. The van der Waals surface area contributed by atoms with Gasteiger partial charge in [0, 0.05) is 18.7 Å². The minimum atomic E-state index is -1.40. The minimum absolute atomic E-state index is 0.0392. The Bertz CT molecular complexity index is 1670. The molecule has 2 aliphatic heterocycles. The molecule has 0 fully saturated rings. The smallest absolute Gasteiger partial charge is 0.341 e. The summed E-state index contributed by atoms with van der Waals surface area (Å²) in [5.74, 6) is -0.771. The first-order chi connectivity index (χ1) is 18.8. The van der Waals surface area contributed by atoms with Gasteiger partial charge in [0.2, 0.25) is 12.2 Å². The lowest BCUT2D eigenvalue weighted by atomic mass is 9.88. The molecular weight excluding hydrogens is 505 g/mol. The van der Waals surface area contributed by atoms with Crippen LogP contribution in [0, 0.1) is 5.82 Å². The summed E-state index contributed by atoms with van der Waals surface area (Å²) < 4.78 is 34.2. The molecule has 0 saturated heterocycles. The van der Waals surface area contributed by atoms with E-state index < -0.39 is 28.5 Å². The van der Waals surface area contributed by atoms with Crippen LogP contribution in [-0.2, 0) is 0 Å². The number of nitrogen functional groups attached to an aromatic ring is 1. The molecule has 3 aromatic carbocycles. The van der Waals surface area contributed by atoms with Crippen LogP contribution in [0.3, 0.4) is 0 Å². The highest BCUT2D eigenvalue weighted by Gasteiger charge is 2.30. The van der Waals surface area contributed by atoms with E-state index in [-0.39, 0.29) is 47.7 Å². The Hall–Kier alpha value is -4.73. The van der Waals surface area contributed by atoms with Crippen LogP contribution in [0.4, 0.5) is 15.8 Å².